The van der Waals surface area contributed by atoms with Crippen LogP contribution in [0.1, 0.15) is 5.56 Å². The molecule has 8 heteroatoms. The molecule has 1 aromatic heterocycles. The Morgan fingerprint density at radius 1 is 1.21 bits per heavy atom. The molecule has 2 aromatic carbocycles. The summed E-state index contributed by atoms with van der Waals surface area (Å²) in [5, 5.41) is 17.5. The standard InChI is InChI=1S/C16H10BrCl2N3OS/c17-10-1-4-15(23)9(5-10)7-20-22-16-21-14(8-24-16)12-3-2-11(18)6-13(12)19/h1-8,23H,(H,21,22)/b20-7+. The molecule has 0 radical (unpaired) electrons. The molecule has 3 aromatic rings. The van der Waals surface area contributed by atoms with Gasteiger partial charge < -0.3 is 5.11 Å². The largest absolute Gasteiger partial charge is 0.507 e. The number of hydrogen-bond donors (Lipinski definition) is 2. The summed E-state index contributed by atoms with van der Waals surface area (Å²) in [4.78, 5) is 4.44. The Morgan fingerprint density at radius 2 is 2.04 bits per heavy atom. The van der Waals surface area contributed by atoms with Gasteiger partial charge in [0, 0.05) is 26.0 Å². The first-order valence-corrected chi connectivity index (χ1v) is 9.14. The van der Waals surface area contributed by atoms with Crippen molar-refractivity contribution >= 4 is 61.8 Å². The molecule has 122 valence electrons. The third-order valence-corrected chi connectivity index (χ3v) is 4.85. The number of aromatic nitrogens is 1. The molecule has 3 rings (SSSR count). The van der Waals surface area contributed by atoms with Crippen LogP contribution < -0.4 is 5.43 Å². The maximum Gasteiger partial charge on any atom is 0.203 e. The fourth-order valence-electron chi connectivity index (χ4n) is 1.93. The van der Waals surface area contributed by atoms with E-state index in [9.17, 15) is 5.11 Å². The van der Waals surface area contributed by atoms with Crippen molar-refractivity contribution in [3.8, 4) is 17.0 Å². The highest BCUT2D eigenvalue weighted by Gasteiger charge is 2.08. The second-order valence-corrected chi connectivity index (χ2v) is 7.35. The number of thiazole rings is 1. The molecule has 0 aliphatic carbocycles. The number of nitrogens with one attached hydrogen (secondary N) is 1. The maximum atomic E-state index is 9.76. The van der Waals surface area contributed by atoms with Gasteiger partial charge >= 0.3 is 0 Å². The van der Waals surface area contributed by atoms with Gasteiger partial charge in [0.25, 0.3) is 0 Å². The zero-order valence-corrected chi connectivity index (χ0v) is 15.9. The van der Waals surface area contributed by atoms with Gasteiger partial charge in [-0.15, -0.1) is 11.3 Å². The van der Waals surface area contributed by atoms with E-state index in [0.29, 0.717) is 20.7 Å². The molecule has 0 bridgehead atoms. The fourth-order valence-corrected chi connectivity index (χ4v) is 3.48. The van der Waals surface area contributed by atoms with E-state index in [4.69, 9.17) is 23.2 Å². The van der Waals surface area contributed by atoms with Crippen LogP contribution in [0.4, 0.5) is 5.13 Å². The third kappa shape index (κ3) is 4.08. The van der Waals surface area contributed by atoms with E-state index in [0.717, 1.165) is 15.7 Å². The van der Waals surface area contributed by atoms with Crippen LogP contribution in [0.5, 0.6) is 5.75 Å². The van der Waals surface area contributed by atoms with Crippen molar-refractivity contribution in [3.05, 3.63) is 61.9 Å². The molecule has 0 aliphatic rings. The molecular weight excluding hydrogens is 433 g/mol. The van der Waals surface area contributed by atoms with Gasteiger partial charge in [0.2, 0.25) is 5.13 Å². The first-order chi connectivity index (χ1) is 11.5. The smallest absolute Gasteiger partial charge is 0.203 e. The Hall–Kier alpha value is -1.60. The van der Waals surface area contributed by atoms with Gasteiger partial charge in [-0.2, -0.15) is 5.10 Å². The van der Waals surface area contributed by atoms with Gasteiger partial charge in [0.1, 0.15) is 5.75 Å². The van der Waals surface area contributed by atoms with Crippen LogP contribution >= 0.6 is 50.5 Å². The van der Waals surface area contributed by atoms with Crippen molar-refractivity contribution < 1.29 is 5.11 Å². The van der Waals surface area contributed by atoms with Crippen molar-refractivity contribution in [3.63, 3.8) is 0 Å². The molecule has 0 saturated carbocycles. The number of phenols is 1. The Bertz CT molecular complexity index is 914. The summed E-state index contributed by atoms with van der Waals surface area (Å²) in [6.07, 6.45) is 1.52. The predicted molar refractivity (Wildman–Crippen MR) is 105 cm³/mol. The third-order valence-electron chi connectivity index (χ3n) is 3.06. The lowest BCUT2D eigenvalue weighted by Gasteiger charge is -2.01. The number of phenolic OH excluding ortho intramolecular Hbond substituents is 1. The maximum absolute atomic E-state index is 9.76. The highest BCUT2D eigenvalue weighted by atomic mass is 79.9. The van der Waals surface area contributed by atoms with Crippen LogP contribution in [0.3, 0.4) is 0 Å². The first-order valence-electron chi connectivity index (χ1n) is 6.71. The lowest BCUT2D eigenvalue weighted by molar-refractivity contribution is 0.474. The molecule has 0 amide bonds. The van der Waals surface area contributed by atoms with Crippen LogP contribution in [0.15, 0.2) is 51.4 Å². The van der Waals surface area contributed by atoms with E-state index in [1.54, 1.807) is 30.3 Å². The minimum atomic E-state index is 0.150. The molecular formula is C16H10BrCl2N3OS. The lowest BCUT2D eigenvalue weighted by atomic mass is 10.2. The highest BCUT2D eigenvalue weighted by Crippen LogP contribution is 2.32. The van der Waals surface area contributed by atoms with Crippen molar-refractivity contribution in [2.75, 3.05) is 5.43 Å². The minimum absolute atomic E-state index is 0.150. The van der Waals surface area contributed by atoms with Gasteiger partial charge in [-0.25, -0.2) is 4.98 Å². The summed E-state index contributed by atoms with van der Waals surface area (Å²) >= 11 is 16.8. The summed E-state index contributed by atoms with van der Waals surface area (Å²) in [7, 11) is 0. The Kier molecular flexibility index (Phi) is 5.40. The summed E-state index contributed by atoms with van der Waals surface area (Å²) in [6.45, 7) is 0. The number of halogens is 3. The predicted octanol–water partition coefficient (Wildman–Crippen LogP) is 6.03. The normalized spacial score (nSPS) is 11.1. The number of benzene rings is 2. The average molecular weight is 443 g/mol. The molecule has 4 nitrogen and oxygen atoms in total. The quantitative estimate of drug-likeness (QED) is 0.383. The van der Waals surface area contributed by atoms with Gasteiger partial charge in [-0.05, 0) is 36.4 Å². The van der Waals surface area contributed by atoms with E-state index in [1.165, 1.54) is 17.6 Å². The lowest BCUT2D eigenvalue weighted by Crippen LogP contribution is -1.91. The number of aromatic hydroxyl groups is 1. The Morgan fingerprint density at radius 3 is 2.83 bits per heavy atom. The average Bonchev–Trinajstić information content (AvgIpc) is 2.99. The highest BCUT2D eigenvalue weighted by molar-refractivity contribution is 9.10. The number of rotatable bonds is 4. The van der Waals surface area contributed by atoms with Gasteiger partial charge in [-0.1, -0.05) is 39.1 Å². The van der Waals surface area contributed by atoms with E-state index in [1.807, 2.05) is 11.4 Å². The zero-order chi connectivity index (χ0) is 17.1. The van der Waals surface area contributed by atoms with Gasteiger partial charge in [0.15, 0.2) is 0 Å². The topological polar surface area (TPSA) is 57.5 Å². The summed E-state index contributed by atoms with van der Waals surface area (Å²) in [5.41, 5.74) is 4.98. The van der Waals surface area contributed by atoms with Crippen molar-refractivity contribution in [1.82, 2.24) is 4.98 Å². The number of hydrogen-bond acceptors (Lipinski definition) is 5. The minimum Gasteiger partial charge on any atom is -0.507 e. The molecule has 1 heterocycles. The van der Waals surface area contributed by atoms with Crippen molar-refractivity contribution in [2.45, 2.75) is 0 Å². The van der Waals surface area contributed by atoms with Crippen LogP contribution in [0.2, 0.25) is 10.0 Å². The number of nitrogens with zero attached hydrogens (tertiary/aromatic N) is 2. The number of anilines is 1. The van der Waals surface area contributed by atoms with Crippen molar-refractivity contribution in [1.29, 1.82) is 0 Å². The van der Waals surface area contributed by atoms with Crippen LogP contribution in [-0.2, 0) is 0 Å². The second-order valence-electron chi connectivity index (χ2n) is 4.74. The SMILES string of the molecule is Oc1ccc(Br)cc1/C=N/Nc1nc(-c2ccc(Cl)cc2Cl)cs1. The van der Waals surface area contributed by atoms with E-state index < -0.39 is 0 Å². The molecule has 2 N–H and O–H groups in total. The van der Waals surface area contributed by atoms with Crippen LogP contribution in [-0.4, -0.2) is 16.3 Å². The summed E-state index contributed by atoms with van der Waals surface area (Å²) < 4.78 is 0.857. The second kappa shape index (κ2) is 7.53. The molecule has 24 heavy (non-hydrogen) atoms. The Balaban J connectivity index is 1.74. The molecule has 0 aliphatic heterocycles. The molecule has 0 saturated heterocycles. The van der Waals surface area contributed by atoms with Crippen LogP contribution in [0, 0.1) is 0 Å². The molecule has 0 fully saturated rings. The number of hydrazone groups is 1. The summed E-state index contributed by atoms with van der Waals surface area (Å²) in [5.74, 6) is 0.150. The molecule has 0 unspecified atom stereocenters. The van der Waals surface area contributed by atoms with Gasteiger partial charge in [0.05, 0.1) is 16.9 Å². The zero-order valence-electron chi connectivity index (χ0n) is 12.0. The van der Waals surface area contributed by atoms with Gasteiger partial charge in [-0.3, -0.25) is 5.43 Å². The molecule has 0 spiro atoms. The Labute approximate surface area is 160 Å². The van der Waals surface area contributed by atoms with E-state index in [2.05, 4.69) is 31.4 Å². The van der Waals surface area contributed by atoms with Crippen LogP contribution in [0.25, 0.3) is 11.3 Å². The van der Waals surface area contributed by atoms with Crippen molar-refractivity contribution in [2.24, 2.45) is 5.10 Å². The summed E-state index contributed by atoms with van der Waals surface area (Å²) in [6, 6.07) is 10.4. The molecule has 0 atom stereocenters. The first kappa shape index (κ1) is 17.2. The monoisotopic (exact) mass is 441 g/mol. The van der Waals surface area contributed by atoms with E-state index >= 15 is 0 Å². The van der Waals surface area contributed by atoms with E-state index in [-0.39, 0.29) is 5.75 Å². The fraction of sp³-hybridized carbons (Fsp3) is 0.